The van der Waals surface area contributed by atoms with Gasteiger partial charge in [-0.3, -0.25) is 4.57 Å². The molecule has 0 N–H and O–H groups in total. The van der Waals surface area contributed by atoms with Gasteiger partial charge in [0, 0.05) is 5.25 Å². The molecule has 0 rings (SSSR count). The topological polar surface area (TPSA) is 71.1 Å². The third-order valence-electron chi connectivity index (χ3n) is 6.41. The molecule has 0 aromatic heterocycles. The van der Waals surface area contributed by atoms with E-state index in [9.17, 15) is 9.36 Å². The molecule has 0 bridgehead atoms. The summed E-state index contributed by atoms with van der Waals surface area (Å²) in [6.07, 6.45) is 20.7. The van der Waals surface area contributed by atoms with E-state index in [0.717, 1.165) is 18.6 Å². The van der Waals surface area contributed by atoms with Crippen molar-refractivity contribution in [2.24, 2.45) is 0 Å². The van der Waals surface area contributed by atoms with Gasteiger partial charge in [-0.1, -0.05) is 111 Å². The van der Waals surface area contributed by atoms with Crippen LogP contribution in [0, 0.1) is 0 Å². The van der Waals surface area contributed by atoms with E-state index in [-0.39, 0.29) is 24.6 Å². The van der Waals surface area contributed by atoms with Crippen molar-refractivity contribution < 1.29 is 28.6 Å². The fraction of sp³-hybridized carbons (Fsp3) is 0.966. The van der Waals surface area contributed by atoms with Crippen LogP contribution in [0.15, 0.2) is 0 Å². The van der Waals surface area contributed by atoms with Crippen molar-refractivity contribution >= 4 is 26.2 Å². The lowest BCUT2D eigenvalue weighted by Crippen LogP contribution is -2.42. The Bertz CT molecular complexity index is 539. The first-order valence-electron chi connectivity index (χ1n) is 15.1. The largest absolute Gasteiger partial charge is 0.461 e. The van der Waals surface area contributed by atoms with E-state index in [1.54, 1.807) is 6.92 Å². The minimum atomic E-state index is -2.08. The molecule has 8 heteroatoms. The maximum atomic E-state index is 12.5. The van der Waals surface area contributed by atoms with E-state index < -0.39 is 20.0 Å². The minimum absolute atomic E-state index is 0.139. The Kier molecular flexibility index (Phi) is 25.9. The van der Waals surface area contributed by atoms with Gasteiger partial charge in [-0.05, 0) is 38.9 Å². The Morgan fingerprint density at radius 2 is 1.32 bits per heavy atom. The van der Waals surface area contributed by atoms with E-state index >= 15 is 0 Å². The summed E-state index contributed by atoms with van der Waals surface area (Å²) in [6.45, 7) is 10.4. The second-order valence-corrected chi connectivity index (χ2v) is 12.0. The summed E-state index contributed by atoms with van der Waals surface area (Å²) >= 11 is 1.93. The number of thioether (sulfide) groups is 1. The molecular formula is C29H57O6PS. The van der Waals surface area contributed by atoms with Gasteiger partial charge < -0.3 is 9.47 Å². The van der Waals surface area contributed by atoms with Crippen LogP contribution < -0.4 is 0 Å². The number of rotatable bonds is 28. The summed E-state index contributed by atoms with van der Waals surface area (Å²) in [5, 5.41) is 0.231. The Morgan fingerprint density at radius 3 is 1.84 bits per heavy atom. The molecule has 220 valence electrons. The molecule has 0 radical (unpaired) electrons. The molecule has 3 unspecified atom stereocenters. The molecule has 0 aliphatic rings. The summed E-state index contributed by atoms with van der Waals surface area (Å²) in [5.74, 6) is 0.251. The molecule has 0 spiro atoms. The molecule has 6 nitrogen and oxygen atoms in total. The van der Waals surface area contributed by atoms with Gasteiger partial charge in [-0.25, -0.2) is 9.68 Å². The number of hydrogen-bond acceptors (Lipinski definition) is 7. The van der Waals surface area contributed by atoms with Gasteiger partial charge in [0.25, 0.3) is 0 Å². The molecule has 0 amide bonds. The number of esters is 1. The third kappa shape index (κ3) is 18.7. The summed E-state index contributed by atoms with van der Waals surface area (Å²) in [4.78, 5) is 23.7. The van der Waals surface area contributed by atoms with Crippen LogP contribution in [0.4, 0.5) is 0 Å². The highest BCUT2D eigenvalue weighted by Gasteiger charge is 2.47. The summed E-state index contributed by atoms with van der Waals surface area (Å²) < 4.78 is 22.5. The molecule has 0 fully saturated rings. The maximum absolute atomic E-state index is 12.5. The average Bonchev–Trinajstić information content (AvgIpc) is 2.90. The minimum Gasteiger partial charge on any atom is -0.461 e. The number of ether oxygens (including phenoxy) is 2. The van der Waals surface area contributed by atoms with E-state index in [4.69, 9.17) is 19.2 Å². The second kappa shape index (κ2) is 26.0. The first kappa shape index (κ1) is 36.8. The van der Waals surface area contributed by atoms with E-state index in [1.807, 2.05) is 25.6 Å². The van der Waals surface area contributed by atoms with Crippen molar-refractivity contribution in [2.75, 3.05) is 19.0 Å². The Morgan fingerprint density at radius 1 is 0.784 bits per heavy atom. The van der Waals surface area contributed by atoms with Crippen molar-refractivity contribution in [3.05, 3.63) is 0 Å². The van der Waals surface area contributed by atoms with Crippen molar-refractivity contribution in [2.45, 2.75) is 161 Å². The molecule has 0 aliphatic carbocycles. The van der Waals surface area contributed by atoms with Crippen LogP contribution in [-0.2, 0) is 28.6 Å². The monoisotopic (exact) mass is 564 g/mol. The highest BCUT2D eigenvalue weighted by atomic mass is 32.2. The van der Waals surface area contributed by atoms with Gasteiger partial charge in [0.1, 0.15) is 6.10 Å². The van der Waals surface area contributed by atoms with E-state index in [1.165, 1.54) is 89.9 Å². The van der Waals surface area contributed by atoms with Gasteiger partial charge in [-0.15, -0.1) is 0 Å². The van der Waals surface area contributed by atoms with Gasteiger partial charge >= 0.3 is 11.5 Å². The number of carbonyl (C=O) groups excluding carboxylic acids is 1. The molecule has 0 aromatic carbocycles. The Hall–Kier alpha value is -0.200. The first-order chi connectivity index (χ1) is 18.0. The maximum Gasteiger partial charge on any atom is 0.382 e. The predicted molar refractivity (Wildman–Crippen MR) is 156 cm³/mol. The zero-order chi connectivity index (χ0) is 27.6. The summed E-state index contributed by atoms with van der Waals surface area (Å²) in [7, 11) is -0.633. The molecule has 0 aliphatic heterocycles. The zero-order valence-corrected chi connectivity index (χ0v) is 26.3. The fourth-order valence-electron chi connectivity index (χ4n) is 4.09. The van der Waals surface area contributed by atoms with Crippen molar-refractivity contribution in [1.29, 1.82) is 0 Å². The van der Waals surface area contributed by atoms with Crippen LogP contribution in [0.25, 0.3) is 0 Å². The van der Waals surface area contributed by atoms with E-state index in [2.05, 4.69) is 13.8 Å². The van der Waals surface area contributed by atoms with E-state index in [0.29, 0.717) is 6.42 Å². The molecule has 0 saturated carbocycles. The number of unbranched alkanes of at least 4 members (excludes halogenated alkanes) is 13. The lowest BCUT2D eigenvalue weighted by Gasteiger charge is -2.28. The van der Waals surface area contributed by atoms with Crippen LogP contribution >= 0.6 is 20.2 Å². The molecule has 0 heterocycles. The molecule has 0 saturated heterocycles. The van der Waals surface area contributed by atoms with Crippen LogP contribution in [-0.4, -0.2) is 41.8 Å². The number of hydrogen-bond donors (Lipinski definition) is 0. The van der Waals surface area contributed by atoms with Crippen LogP contribution in [0.3, 0.4) is 0 Å². The van der Waals surface area contributed by atoms with Crippen LogP contribution in [0.5, 0.6) is 0 Å². The highest BCUT2D eigenvalue weighted by molar-refractivity contribution is 7.99. The molecule has 0 aromatic rings. The standard InChI is InChI=1S/C29H57O6PS/c1-6-10-12-14-16-17-18-20-22-25-37-27(23-21-19-15-13-11-7-2)26(5)34-35-29(36-31,33-24-8-3)28(30)32-9-4/h26-27H,6-25H2,1-5H3. The smallest absolute Gasteiger partial charge is 0.382 e. The summed E-state index contributed by atoms with van der Waals surface area (Å²) in [6, 6.07) is 0. The van der Waals surface area contributed by atoms with Gasteiger partial charge in [0.05, 0.1) is 13.2 Å². The zero-order valence-electron chi connectivity index (χ0n) is 24.6. The molecule has 37 heavy (non-hydrogen) atoms. The highest BCUT2D eigenvalue weighted by Crippen LogP contribution is 2.32. The van der Waals surface area contributed by atoms with Crippen molar-refractivity contribution in [3.63, 3.8) is 0 Å². The molecule has 3 atom stereocenters. The summed E-state index contributed by atoms with van der Waals surface area (Å²) in [5.41, 5.74) is -2.08. The van der Waals surface area contributed by atoms with Gasteiger partial charge in [0.2, 0.25) is 8.46 Å². The van der Waals surface area contributed by atoms with Crippen molar-refractivity contribution in [3.8, 4) is 0 Å². The normalized spacial score (nSPS) is 14.9. The lowest BCUT2D eigenvalue weighted by molar-refractivity contribution is -0.403. The third-order valence-corrected chi connectivity index (χ3v) is 8.61. The van der Waals surface area contributed by atoms with Crippen LogP contribution in [0.2, 0.25) is 0 Å². The first-order valence-corrected chi connectivity index (χ1v) is 17.0. The van der Waals surface area contributed by atoms with Crippen molar-refractivity contribution in [1.82, 2.24) is 0 Å². The predicted octanol–water partition coefficient (Wildman–Crippen LogP) is 9.64. The lowest BCUT2D eigenvalue weighted by atomic mass is 10.1. The Balaban J connectivity index is 4.77. The average molecular weight is 565 g/mol. The quantitative estimate of drug-likeness (QED) is 0.0234. The SMILES string of the molecule is CCCCCCCCCCCSC(CCCCCCCC)C(C)OOC(OCCC)(P=O)C(=O)OCC. The van der Waals surface area contributed by atoms with Crippen LogP contribution in [0.1, 0.15) is 144 Å². The fourth-order valence-corrected chi connectivity index (χ4v) is 5.77. The Labute approximate surface area is 234 Å². The second-order valence-electron chi connectivity index (χ2n) is 9.92. The van der Waals surface area contributed by atoms with Gasteiger partial charge in [-0.2, -0.15) is 16.6 Å². The molecular weight excluding hydrogens is 507 g/mol. The number of carbonyl (C=O) groups is 1. The van der Waals surface area contributed by atoms with Gasteiger partial charge in [0.15, 0.2) is 0 Å².